The maximum Gasteiger partial charge on any atom is 0.325 e. The van der Waals surface area contributed by atoms with Crippen molar-refractivity contribution in [3.05, 3.63) is 40.8 Å². The molecule has 2 amide bonds. The van der Waals surface area contributed by atoms with Gasteiger partial charge >= 0.3 is 5.97 Å². The van der Waals surface area contributed by atoms with Crippen molar-refractivity contribution in [2.45, 2.75) is 37.3 Å². The number of fused-ring (bicyclic) bond motifs is 1. The molecule has 4 atom stereocenters. The van der Waals surface area contributed by atoms with E-state index >= 15 is 0 Å². The summed E-state index contributed by atoms with van der Waals surface area (Å²) in [6.45, 7) is 3.22. The fourth-order valence-electron chi connectivity index (χ4n) is 4.30. The molecule has 1 aromatic rings. The summed E-state index contributed by atoms with van der Waals surface area (Å²) in [6.07, 6.45) is 1.26. The largest absolute Gasteiger partial charge is 0.468 e. The highest BCUT2D eigenvalue weighted by Gasteiger charge is 2.44. The highest BCUT2D eigenvalue weighted by Crippen LogP contribution is 2.38. The van der Waals surface area contributed by atoms with Gasteiger partial charge in [-0.15, -0.1) is 11.8 Å². The van der Waals surface area contributed by atoms with Crippen LogP contribution >= 0.6 is 11.8 Å². The van der Waals surface area contributed by atoms with E-state index in [4.69, 9.17) is 0 Å². The van der Waals surface area contributed by atoms with Crippen LogP contribution in [0.4, 0.5) is 0 Å². The SMILES string of the molecule is COC(=O)CNC(=O)C1CCCN(C2NC(=O)C3SC=C(c4ccc(C)cc4)C3N2)C1. The Balaban J connectivity index is 1.42. The molecule has 0 aromatic heterocycles. The molecular formula is C22H28N4O4S. The topological polar surface area (TPSA) is 99.8 Å². The molecule has 3 N–H and O–H groups in total. The van der Waals surface area contributed by atoms with Crippen LogP contribution < -0.4 is 16.0 Å². The van der Waals surface area contributed by atoms with Crippen LogP contribution in [0.15, 0.2) is 29.7 Å². The first-order valence-electron chi connectivity index (χ1n) is 10.5. The van der Waals surface area contributed by atoms with Gasteiger partial charge in [-0.25, -0.2) is 0 Å². The summed E-state index contributed by atoms with van der Waals surface area (Å²) >= 11 is 1.54. The molecule has 0 spiro atoms. The lowest BCUT2D eigenvalue weighted by Crippen LogP contribution is -2.69. The third-order valence-electron chi connectivity index (χ3n) is 6.06. The van der Waals surface area contributed by atoms with Gasteiger partial charge in [-0.05, 0) is 36.3 Å². The lowest BCUT2D eigenvalue weighted by atomic mass is 9.94. The first-order valence-corrected chi connectivity index (χ1v) is 11.5. The number of rotatable bonds is 5. The Hall–Kier alpha value is -2.36. The number of ether oxygens (including phenoxy) is 1. The van der Waals surface area contributed by atoms with E-state index in [1.807, 2.05) is 0 Å². The van der Waals surface area contributed by atoms with Crippen molar-refractivity contribution in [1.82, 2.24) is 20.9 Å². The van der Waals surface area contributed by atoms with E-state index in [0.29, 0.717) is 6.54 Å². The van der Waals surface area contributed by atoms with Crippen LogP contribution in [0.2, 0.25) is 0 Å². The third-order valence-corrected chi connectivity index (χ3v) is 7.23. The van der Waals surface area contributed by atoms with Gasteiger partial charge in [0.25, 0.3) is 0 Å². The van der Waals surface area contributed by atoms with E-state index in [2.05, 4.69) is 62.2 Å². The molecule has 0 saturated carbocycles. The average Bonchev–Trinajstić information content (AvgIpc) is 3.22. The van der Waals surface area contributed by atoms with Crippen molar-refractivity contribution in [3.63, 3.8) is 0 Å². The molecule has 166 valence electrons. The molecule has 4 unspecified atom stereocenters. The Morgan fingerprint density at radius 3 is 2.81 bits per heavy atom. The zero-order valence-corrected chi connectivity index (χ0v) is 18.5. The number of esters is 1. The molecule has 31 heavy (non-hydrogen) atoms. The minimum atomic E-state index is -0.470. The summed E-state index contributed by atoms with van der Waals surface area (Å²) in [4.78, 5) is 38.7. The van der Waals surface area contributed by atoms with E-state index in [1.54, 1.807) is 11.8 Å². The Morgan fingerprint density at radius 1 is 1.29 bits per heavy atom. The number of benzene rings is 1. The van der Waals surface area contributed by atoms with Crippen LogP contribution in [0.5, 0.6) is 0 Å². The fourth-order valence-corrected chi connectivity index (χ4v) is 5.45. The summed E-state index contributed by atoms with van der Waals surface area (Å²) in [5.74, 6) is -0.858. The van der Waals surface area contributed by atoms with Crippen molar-refractivity contribution >= 4 is 35.1 Å². The quantitative estimate of drug-likeness (QED) is 0.579. The molecule has 3 aliphatic rings. The molecule has 1 aromatic carbocycles. The highest BCUT2D eigenvalue weighted by atomic mass is 32.2. The van der Waals surface area contributed by atoms with Crippen LogP contribution in [-0.2, 0) is 19.1 Å². The maximum atomic E-state index is 12.8. The number of piperidine rings is 1. The smallest absolute Gasteiger partial charge is 0.325 e. The zero-order chi connectivity index (χ0) is 22.0. The van der Waals surface area contributed by atoms with Crippen LogP contribution in [-0.4, -0.2) is 67.0 Å². The number of nitrogens with zero attached hydrogens (tertiary/aromatic N) is 1. The number of thioether (sulfide) groups is 1. The highest BCUT2D eigenvalue weighted by molar-refractivity contribution is 8.04. The molecule has 9 heteroatoms. The lowest BCUT2D eigenvalue weighted by molar-refractivity contribution is -0.142. The minimum Gasteiger partial charge on any atom is -0.468 e. The number of methoxy groups -OCH3 is 1. The van der Waals surface area contributed by atoms with Crippen LogP contribution in [0.25, 0.3) is 5.57 Å². The van der Waals surface area contributed by atoms with Crippen molar-refractivity contribution in [2.75, 3.05) is 26.7 Å². The number of carbonyl (C=O) groups excluding carboxylic acids is 3. The first kappa shape index (κ1) is 21.9. The summed E-state index contributed by atoms with van der Waals surface area (Å²) in [5, 5.41) is 11.2. The van der Waals surface area contributed by atoms with E-state index in [-0.39, 0.29) is 41.9 Å². The predicted molar refractivity (Wildman–Crippen MR) is 119 cm³/mol. The van der Waals surface area contributed by atoms with Gasteiger partial charge in [-0.1, -0.05) is 29.8 Å². The average molecular weight is 445 g/mol. The monoisotopic (exact) mass is 444 g/mol. The molecule has 3 aliphatic heterocycles. The number of hydrogen-bond acceptors (Lipinski definition) is 7. The third kappa shape index (κ3) is 4.78. The number of nitrogens with one attached hydrogen (secondary N) is 3. The molecule has 2 fully saturated rings. The zero-order valence-electron chi connectivity index (χ0n) is 17.7. The van der Waals surface area contributed by atoms with E-state index in [1.165, 1.54) is 12.7 Å². The molecular weight excluding hydrogens is 416 g/mol. The Labute approximate surface area is 186 Å². The number of carbonyl (C=O) groups is 3. The van der Waals surface area contributed by atoms with Gasteiger partial charge in [-0.3, -0.25) is 24.6 Å². The molecule has 2 saturated heterocycles. The number of hydrogen-bond donors (Lipinski definition) is 3. The van der Waals surface area contributed by atoms with Crippen molar-refractivity contribution in [3.8, 4) is 0 Å². The summed E-state index contributed by atoms with van der Waals surface area (Å²) in [5.41, 5.74) is 3.44. The van der Waals surface area contributed by atoms with Crippen molar-refractivity contribution in [2.24, 2.45) is 5.92 Å². The van der Waals surface area contributed by atoms with Gasteiger partial charge in [0.15, 0.2) is 0 Å². The molecule has 0 aliphatic carbocycles. The van der Waals surface area contributed by atoms with Gasteiger partial charge in [0, 0.05) is 13.1 Å². The molecule has 0 bridgehead atoms. The first-order chi connectivity index (χ1) is 15.0. The Morgan fingerprint density at radius 2 is 2.06 bits per heavy atom. The second-order valence-corrected chi connectivity index (χ2v) is 9.20. The van der Waals surface area contributed by atoms with E-state index in [9.17, 15) is 14.4 Å². The van der Waals surface area contributed by atoms with E-state index in [0.717, 1.165) is 30.5 Å². The Bertz CT molecular complexity index is 888. The Kier molecular flexibility index (Phi) is 6.64. The number of likely N-dealkylation sites (tertiary alicyclic amines) is 1. The van der Waals surface area contributed by atoms with Gasteiger partial charge in [0.05, 0.1) is 19.1 Å². The molecule has 0 radical (unpaired) electrons. The van der Waals surface area contributed by atoms with E-state index < -0.39 is 5.97 Å². The van der Waals surface area contributed by atoms with Crippen molar-refractivity contribution < 1.29 is 19.1 Å². The van der Waals surface area contributed by atoms with Crippen LogP contribution in [0.1, 0.15) is 24.0 Å². The molecule has 4 rings (SSSR count). The summed E-state index contributed by atoms with van der Waals surface area (Å²) < 4.78 is 4.58. The van der Waals surface area contributed by atoms with Gasteiger partial charge in [-0.2, -0.15) is 0 Å². The summed E-state index contributed by atoms with van der Waals surface area (Å²) in [6, 6.07) is 8.26. The van der Waals surface area contributed by atoms with Crippen LogP contribution in [0, 0.1) is 12.8 Å². The second-order valence-electron chi connectivity index (χ2n) is 8.18. The lowest BCUT2D eigenvalue weighted by Gasteiger charge is -2.43. The molecule has 8 nitrogen and oxygen atoms in total. The molecule has 3 heterocycles. The number of aryl methyl sites for hydroxylation is 1. The maximum absolute atomic E-state index is 12.8. The fraction of sp³-hybridized carbons (Fsp3) is 0.500. The summed E-state index contributed by atoms with van der Waals surface area (Å²) in [7, 11) is 1.29. The minimum absolute atomic E-state index is 0.00868. The van der Waals surface area contributed by atoms with Gasteiger partial charge in [0.1, 0.15) is 18.1 Å². The van der Waals surface area contributed by atoms with Gasteiger partial charge in [0.2, 0.25) is 11.8 Å². The standard InChI is InChI=1S/C22H28N4O4S/c1-13-5-7-14(8-6-13)16-12-31-19-18(16)24-22(25-21(19)29)26-9-3-4-15(11-26)20(28)23-10-17(27)30-2/h5-8,12,15,18-19,22,24H,3-4,9-11H2,1-2H3,(H,23,28)(H,25,29). The van der Waals surface area contributed by atoms with Gasteiger partial charge < -0.3 is 15.4 Å². The number of amides is 2. The van der Waals surface area contributed by atoms with Crippen LogP contribution in [0.3, 0.4) is 0 Å². The second kappa shape index (κ2) is 9.42. The van der Waals surface area contributed by atoms with Crippen molar-refractivity contribution in [1.29, 1.82) is 0 Å². The predicted octanol–water partition coefficient (Wildman–Crippen LogP) is 0.824. The normalized spacial score (nSPS) is 28.3.